The van der Waals surface area contributed by atoms with Gasteiger partial charge in [0, 0.05) is 33.9 Å². The molecule has 0 fully saturated rings. The average molecular weight is 563 g/mol. The first-order valence-corrected chi connectivity index (χ1v) is 14.8. The van der Waals surface area contributed by atoms with E-state index in [1.807, 2.05) is 36.7 Å². The van der Waals surface area contributed by atoms with E-state index in [9.17, 15) is 0 Å². The van der Waals surface area contributed by atoms with E-state index < -0.39 is 0 Å². The lowest BCUT2D eigenvalue weighted by molar-refractivity contribution is 1.38. The minimum atomic E-state index is 0.875. The molecule has 0 aliphatic carbocycles. The number of rotatable bonds is 4. The third-order valence-corrected chi connectivity index (χ3v) is 8.76. The first-order valence-electron chi connectivity index (χ1n) is 14.8. The van der Waals surface area contributed by atoms with Crippen molar-refractivity contribution in [3.05, 3.63) is 145 Å². The molecular weight excluding hydrogens is 536 g/mol. The fourth-order valence-electron chi connectivity index (χ4n) is 6.77. The van der Waals surface area contributed by atoms with E-state index in [1.54, 1.807) is 0 Å². The molecule has 2 N–H and O–H groups in total. The highest BCUT2D eigenvalue weighted by Gasteiger charge is 2.13. The van der Waals surface area contributed by atoms with Crippen LogP contribution in [0.15, 0.2) is 144 Å². The van der Waals surface area contributed by atoms with Crippen LogP contribution in [0.5, 0.6) is 0 Å². The summed E-state index contributed by atoms with van der Waals surface area (Å²) in [5, 5.41) is 14.8. The zero-order chi connectivity index (χ0) is 29.0. The van der Waals surface area contributed by atoms with E-state index in [2.05, 4.69) is 119 Å². The molecule has 9 rings (SSSR count). The SMILES string of the molecule is C(=Nc1ccc(N=Cc2[nH]cc3c4ccccc4c4ccccc4c23)cc1)c1[nH]cc2c3ccccc3c3ccccc3c12. The van der Waals surface area contributed by atoms with E-state index in [0.717, 1.165) is 22.8 Å². The molecule has 0 saturated heterocycles. The zero-order valence-electron chi connectivity index (χ0n) is 23.8. The molecule has 0 radical (unpaired) electrons. The highest BCUT2D eigenvalue weighted by Crippen LogP contribution is 2.38. The fraction of sp³-hybridized carbons (Fsp3) is 0. The normalized spacial score (nSPS) is 12.4. The molecule has 0 aliphatic rings. The maximum Gasteiger partial charge on any atom is 0.0652 e. The first kappa shape index (κ1) is 24.6. The second-order valence-corrected chi connectivity index (χ2v) is 11.2. The summed E-state index contributed by atoms with van der Waals surface area (Å²) < 4.78 is 0. The minimum Gasteiger partial charge on any atom is -0.359 e. The van der Waals surface area contributed by atoms with Crippen LogP contribution in [0.25, 0.3) is 64.6 Å². The molecule has 0 amide bonds. The zero-order valence-corrected chi connectivity index (χ0v) is 23.8. The largest absolute Gasteiger partial charge is 0.359 e. The molecule has 0 aliphatic heterocycles. The molecule has 0 spiro atoms. The van der Waals surface area contributed by atoms with Crippen molar-refractivity contribution in [2.45, 2.75) is 0 Å². The second-order valence-electron chi connectivity index (χ2n) is 11.2. The summed E-state index contributed by atoms with van der Waals surface area (Å²) in [5.74, 6) is 0. The van der Waals surface area contributed by atoms with Crippen LogP contribution in [-0.4, -0.2) is 22.4 Å². The summed E-state index contributed by atoms with van der Waals surface area (Å²) in [5.41, 5.74) is 3.75. The van der Waals surface area contributed by atoms with Gasteiger partial charge in [0.15, 0.2) is 0 Å². The molecule has 0 saturated carbocycles. The van der Waals surface area contributed by atoms with Gasteiger partial charge in [-0.3, -0.25) is 9.98 Å². The van der Waals surface area contributed by atoms with Crippen LogP contribution in [0.4, 0.5) is 11.4 Å². The van der Waals surface area contributed by atoms with Gasteiger partial charge in [-0.25, -0.2) is 0 Å². The van der Waals surface area contributed by atoms with Crippen molar-refractivity contribution in [2.75, 3.05) is 0 Å². The summed E-state index contributed by atoms with van der Waals surface area (Å²) in [7, 11) is 0. The Morgan fingerprint density at radius 3 is 1.00 bits per heavy atom. The fourth-order valence-corrected chi connectivity index (χ4v) is 6.77. The molecule has 2 aromatic heterocycles. The van der Waals surface area contributed by atoms with Gasteiger partial charge in [0.05, 0.1) is 35.2 Å². The number of aromatic amines is 2. The van der Waals surface area contributed by atoms with E-state index in [0.29, 0.717) is 0 Å². The van der Waals surface area contributed by atoms with Crippen LogP contribution in [0.2, 0.25) is 0 Å². The van der Waals surface area contributed by atoms with Crippen molar-refractivity contribution < 1.29 is 0 Å². The Kier molecular flexibility index (Phi) is 5.47. The molecule has 2 heterocycles. The number of aliphatic imine (C=N–C) groups is 2. The predicted molar refractivity (Wildman–Crippen MR) is 188 cm³/mol. The lowest BCUT2D eigenvalue weighted by Crippen LogP contribution is -1.85. The van der Waals surface area contributed by atoms with Crippen LogP contribution in [0.3, 0.4) is 0 Å². The Hall–Kier alpha value is -6.00. The average Bonchev–Trinajstić information content (AvgIpc) is 3.73. The van der Waals surface area contributed by atoms with E-state index in [4.69, 9.17) is 9.98 Å². The van der Waals surface area contributed by atoms with Crippen molar-refractivity contribution in [2.24, 2.45) is 9.98 Å². The standard InChI is InChI=1S/C40H26N4/c1-3-13-31-27(9-1)29-11-5-7-15-33(29)39-35(31)21-43-37(39)23-41-25-17-19-26(20-18-25)42-24-38-40-34-16-8-6-12-30(34)28-10-2-4-14-32(28)36(40)22-44-38/h1-24,43-44H. The summed E-state index contributed by atoms with van der Waals surface area (Å²) >= 11 is 0. The number of fused-ring (bicyclic) bond motifs is 12. The van der Waals surface area contributed by atoms with Gasteiger partial charge in [0.2, 0.25) is 0 Å². The van der Waals surface area contributed by atoms with Crippen LogP contribution in [0.1, 0.15) is 11.4 Å². The Labute approximate surface area is 253 Å². The Balaban J connectivity index is 1.05. The van der Waals surface area contributed by atoms with Crippen LogP contribution in [-0.2, 0) is 0 Å². The lowest BCUT2D eigenvalue weighted by Gasteiger charge is -2.07. The Bertz CT molecular complexity index is 2420. The van der Waals surface area contributed by atoms with Gasteiger partial charge in [-0.05, 0) is 67.4 Å². The molecule has 9 aromatic rings. The van der Waals surface area contributed by atoms with Gasteiger partial charge in [0.1, 0.15) is 0 Å². The number of nitrogens with one attached hydrogen (secondary N) is 2. The van der Waals surface area contributed by atoms with Gasteiger partial charge >= 0.3 is 0 Å². The molecule has 206 valence electrons. The molecular formula is C40H26N4. The smallest absolute Gasteiger partial charge is 0.0652 e. The van der Waals surface area contributed by atoms with Crippen molar-refractivity contribution in [1.82, 2.24) is 9.97 Å². The molecule has 44 heavy (non-hydrogen) atoms. The number of H-pyrrole nitrogens is 2. The van der Waals surface area contributed by atoms with Crippen molar-refractivity contribution >= 4 is 88.4 Å². The first-order chi connectivity index (χ1) is 21.8. The molecule has 7 aromatic carbocycles. The summed E-state index contributed by atoms with van der Waals surface area (Å²) in [6, 6.07) is 42.4. The number of hydrogen-bond acceptors (Lipinski definition) is 2. The number of nitrogens with zero attached hydrogens (tertiary/aromatic N) is 2. The quantitative estimate of drug-likeness (QED) is 0.158. The number of hydrogen-bond donors (Lipinski definition) is 2. The third kappa shape index (κ3) is 3.78. The van der Waals surface area contributed by atoms with Crippen LogP contribution in [0, 0.1) is 0 Å². The maximum atomic E-state index is 4.83. The summed E-state index contributed by atoms with van der Waals surface area (Å²) in [6.07, 6.45) is 8.06. The van der Waals surface area contributed by atoms with Gasteiger partial charge in [-0.1, -0.05) is 97.1 Å². The van der Waals surface area contributed by atoms with Crippen molar-refractivity contribution in [3.63, 3.8) is 0 Å². The Morgan fingerprint density at radius 1 is 0.341 bits per heavy atom. The molecule has 0 bridgehead atoms. The monoisotopic (exact) mass is 562 g/mol. The van der Waals surface area contributed by atoms with Gasteiger partial charge in [0.25, 0.3) is 0 Å². The summed E-state index contributed by atoms with van der Waals surface area (Å²) in [4.78, 5) is 16.6. The lowest BCUT2D eigenvalue weighted by atomic mass is 9.96. The highest BCUT2D eigenvalue weighted by molar-refractivity contribution is 6.29. The number of aromatic nitrogens is 2. The van der Waals surface area contributed by atoms with Gasteiger partial charge in [-0.2, -0.15) is 0 Å². The third-order valence-electron chi connectivity index (χ3n) is 8.76. The molecule has 0 unspecified atom stereocenters. The molecule has 4 heteroatoms. The Morgan fingerprint density at radius 2 is 0.636 bits per heavy atom. The van der Waals surface area contributed by atoms with Crippen LogP contribution >= 0.6 is 0 Å². The highest BCUT2D eigenvalue weighted by atomic mass is 14.8. The van der Waals surface area contributed by atoms with Crippen molar-refractivity contribution in [3.8, 4) is 0 Å². The van der Waals surface area contributed by atoms with E-state index in [-0.39, 0.29) is 0 Å². The van der Waals surface area contributed by atoms with Crippen molar-refractivity contribution in [1.29, 1.82) is 0 Å². The number of benzene rings is 7. The van der Waals surface area contributed by atoms with Gasteiger partial charge in [-0.15, -0.1) is 0 Å². The molecule has 4 nitrogen and oxygen atoms in total. The second kappa shape index (κ2) is 9.79. The maximum absolute atomic E-state index is 4.83. The predicted octanol–water partition coefficient (Wildman–Crippen LogP) is 10.8. The van der Waals surface area contributed by atoms with Gasteiger partial charge < -0.3 is 9.97 Å². The summed E-state index contributed by atoms with van der Waals surface area (Å²) in [6.45, 7) is 0. The topological polar surface area (TPSA) is 56.3 Å². The minimum absolute atomic E-state index is 0.875. The van der Waals surface area contributed by atoms with Crippen LogP contribution < -0.4 is 0 Å². The van der Waals surface area contributed by atoms with E-state index in [1.165, 1.54) is 64.6 Å². The van der Waals surface area contributed by atoms with E-state index >= 15 is 0 Å². The molecule has 0 atom stereocenters.